The van der Waals surface area contributed by atoms with E-state index in [1.807, 2.05) is 49.0 Å². The number of thioether (sulfide) groups is 1. The summed E-state index contributed by atoms with van der Waals surface area (Å²) in [6, 6.07) is 8.89. The van der Waals surface area contributed by atoms with Crippen LogP contribution in [-0.2, 0) is 11.3 Å². The average molecular weight is 350 g/mol. The van der Waals surface area contributed by atoms with Gasteiger partial charge in [0.05, 0.1) is 6.04 Å². The van der Waals surface area contributed by atoms with Gasteiger partial charge >= 0.3 is 6.03 Å². The summed E-state index contributed by atoms with van der Waals surface area (Å²) in [5.74, 6) is 1.37. The van der Waals surface area contributed by atoms with Crippen LogP contribution in [0.4, 0.5) is 4.79 Å². The third-order valence-corrected chi connectivity index (χ3v) is 5.87. The first-order valence-electron chi connectivity index (χ1n) is 8.45. The molecule has 1 aliphatic rings. The molecular weight excluding hydrogens is 322 g/mol. The lowest BCUT2D eigenvalue weighted by molar-refractivity contribution is -0.124. The fraction of sp³-hybridized carbons (Fsp3) is 0.556. The molecule has 132 valence electrons. The van der Waals surface area contributed by atoms with E-state index in [1.165, 1.54) is 0 Å². The van der Waals surface area contributed by atoms with Gasteiger partial charge in [0.25, 0.3) is 0 Å². The van der Waals surface area contributed by atoms with Crippen molar-refractivity contribution in [3.05, 3.63) is 35.9 Å². The molecule has 0 aliphatic carbocycles. The number of rotatable bonds is 5. The van der Waals surface area contributed by atoms with E-state index in [2.05, 4.69) is 29.4 Å². The van der Waals surface area contributed by atoms with Gasteiger partial charge in [0.15, 0.2) is 0 Å². The minimum absolute atomic E-state index is 0.241. The Morgan fingerprint density at radius 3 is 2.62 bits per heavy atom. The van der Waals surface area contributed by atoms with Crippen LogP contribution in [-0.4, -0.2) is 47.0 Å². The summed E-state index contributed by atoms with van der Waals surface area (Å²) in [5.41, 5.74) is 1.00. The van der Waals surface area contributed by atoms with Crippen LogP contribution in [0, 0.1) is 5.92 Å². The second-order valence-corrected chi connectivity index (χ2v) is 7.83. The van der Waals surface area contributed by atoms with Crippen molar-refractivity contribution in [2.75, 3.05) is 18.8 Å². The van der Waals surface area contributed by atoms with Crippen molar-refractivity contribution in [3.8, 4) is 0 Å². The number of nitrogens with one attached hydrogen (secondary N) is 2. The first-order chi connectivity index (χ1) is 11.5. The Bertz CT molecular complexity index is 550. The van der Waals surface area contributed by atoms with Crippen molar-refractivity contribution in [1.82, 2.24) is 15.5 Å². The Kier molecular flexibility index (Phi) is 7.12. The van der Waals surface area contributed by atoms with Crippen LogP contribution in [0.5, 0.6) is 0 Å². The van der Waals surface area contributed by atoms with Crippen molar-refractivity contribution in [2.24, 2.45) is 5.92 Å². The molecule has 2 atom stereocenters. The molecule has 0 bridgehead atoms. The number of hydrogen-bond donors (Lipinski definition) is 2. The summed E-state index contributed by atoms with van der Waals surface area (Å²) in [6.07, 6.45) is 0. The summed E-state index contributed by atoms with van der Waals surface area (Å²) in [5, 5.41) is 5.72. The molecule has 1 saturated heterocycles. The largest absolute Gasteiger partial charge is 0.334 e. The summed E-state index contributed by atoms with van der Waals surface area (Å²) < 4.78 is 0. The van der Waals surface area contributed by atoms with Gasteiger partial charge in [-0.2, -0.15) is 11.8 Å². The summed E-state index contributed by atoms with van der Waals surface area (Å²) >= 11 is 1.97. The maximum atomic E-state index is 12.3. The molecule has 1 aromatic rings. The molecule has 2 rings (SSSR count). The highest BCUT2D eigenvalue weighted by Crippen LogP contribution is 2.25. The number of amides is 3. The molecule has 1 heterocycles. The van der Waals surface area contributed by atoms with Crippen molar-refractivity contribution < 1.29 is 9.59 Å². The van der Waals surface area contributed by atoms with Crippen molar-refractivity contribution in [2.45, 2.75) is 38.6 Å². The molecule has 2 unspecified atom stereocenters. The normalized spacial score (nSPS) is 19.8. The van der Waals surface area contributed by atoms with Crippen LogP contribution in [0.25, 0.3) is 0 Å². The van der Waals surface area contributed by atoms with E-state index in [1.54, 1.807) is 0 Å². The molecular formula is C18H27N3O2S. The molecule has 6 heteroatoms. The Hall–Kier alpha value is -1.53. The van der Waals surface area contributed by atoms with Gasteiger partial charge in [0.1, 0.15) is 0 Å². The Morgan fingerprint density at radius 1 is 1.25 bits per heavy atom. The monoisotopic (exact) mass is 349 g/mol. The van der Waals surface area contributed by atoms with Crippen LogP contribution in [0.2, 0.25) is 0 Å². The first-order valence-corrected chi connectivity index (χ1v) is 9.50. The van der Waals surface area contributed by atoms with E-state index in [0.29, 0.717) is 17.7 Å². The fourth-order valence-corrected chi connectivity index (χ4v) is 3.98. The summed E-state index contributed by atoms with van der Waals surface area (Å²) in [4.78, 5) is 26.4. The average Bonchev–Trinajstić information content (AvgIpc) is 2.60. The van der Waals surface area contributed by atoms with Crippen LogP contribution < -0.4 is 10.6 Å². The number of nitrogens with zero attached hydrogens (tertiary/aromatic N) is 1. The Labute approximate surface area is 148 Å². The maximum Gasteiger partial charge on any atom is 0.321 e. The van der Waals surface area contributed by atoms with Gasteiger partial charge in [0, 0.05) is 30.6 Å². The van der Waals surface area contributed by atoms with Crippen LogP contribution in [0.1, 0.15) is 26.3 Å². The summed E-state index contributed by atoms with van der Waals surface area (Å²) in [7, 11) is 0. The topological polar surface area (TPSA) is 61.4 Å². The van der Waals surface area contributed by atoms with Gasteiger partial charge in [-0.3, -0.25) is 15.0 Å². The van der Waals surface area contributed by atoms with E-state index < -0.39 is 6.03 Å². The number of urea groups is 1. The summed E-state index contributed by atoms with van der Waals surface area (Å²) in [6.45, 7) is 8.47. The zero-order valence-electron chi connectivity index (χ0n) is 14.6. The molecule has 24 heavy (non-hydrogen) atoms. The molecule has 1 fully saturated rings. The number of carbonyl (C=O) groups excluding carboxylic acids is 2. The lowest BCUT2D eigenvalue weighted by Crippen LogP contribution is -2.53. The number of carbonyl (C=O) groups is 2. The standard InChI is InChI=1S/C18H27N3O2S/c1-13(2)16-12-21(9-10-24-16)14(3)17(22)20-18(23)19-11-15-7-5-4-6-8-15/h4-8,13-14,16H,9-12H2,1-3H3,(H2,19,20,22,23). The van der Waals surface area contributed by atoms with E-state index >= 15 is 0 Å². The molecule has 0 radical (unpaired) electrons. The highest BCUT2D eigenvalue weighted by atomic mass is 32.2. The fourth-order valence-electron chi connectivity index (χ4n) is 2.66. The lowest BCUT2D eigenvalue weighted by atomic mass is 10.1. The minimum atomic E-state index is -0.442. The SMILES string of the molecule is CC(C)C1CN(C(C)C(=O)NC(=O)NCc2ccccc2)CCS1. The molecule has 1 aromatic carbocycles. The molecule has 0 aromatic heterocycles. The second kappa shape index (κ2) is 9.08. The number of benzene rings is 1. The smallest absolute Gasteiger partial charge is 0.321 e. The highest BCUT2D eigenvalue weighted by Gasteiger charge is 2.29. The zero-order chi connectivity index (χ0) is 17.5. The first kappa shape index (κ1) is 18.8. The molecule has 1 aliphatic heterocycles. The molecule has 0 saturated carbocycles. The van der Waals surface area contributed by atoms with E-state index in [9.17, 15) is 9.59 Å². The van der Waals surface area contributed by atoms with Crippen molar-refractivity contribution >= 4 is 23.7 Å². The molecule has 0 spiro atoms. The minimum Gasteiger partial charge on any atom is -0.334 e. The van der Waals surface area contributed by atoms with Crippen molar-refractivity contribution in [1.29, 1.82) is 0 Å². The second-order valence-electron chi connectivity index (χ2n) is 6.48. The Morgan fingerprint density at radius 2 is 1.96 bits per heavy atom. The van der Waals surface area contributed by atoms with E-state index in [0.717, 1.165) is 24.4 Å². The molecule has 3 amide bonds. The number of hydrogen-bond acceptors (Lipinski definition) is 4. The van der Waals surface area contributed by atoms with E-state index in [-0.39, 0.29) is 11.9 Å². The quantitative estimate of drug-likeness (QED) is 0.857. The lowest BCUT2D eigenvalue weighted by Gasteiger charge is -2.37. The van der Waals surface area contributed by atoms with Crippen molar-refractivity contribution in [3.63, 3.8) is 0 Å². The van der Waals surface area contributed by atoms with Gasteiger partial charge in [-0.1, -0.05) is 44.2 Å². The van der Waals surface area contributed by atoms with Gasteiger partial charge in [-0.05, 0) is 18.4 Å². The van der Waals surface area contributed by atoms with E-state index in [4.69, 9.17) is 0 Å². The zero-order valence-corrected chi connectivity index (χ0v) is 15.4. The molecule has 5 nitrogen and oxygen atoms in total. The van der Waals surface area contributed by atoms with Crippen LogP contribution in [0.3, 0.4) is 0 Å². The van der Waals surface area contributed by atoms with Crippen LogP contribution in [0.15, 0.2) is 30.3 Å². The third-order valence-electron chi connectivity index (χ3n) is 4.33. The maximum absolute atomic E-state index is 12.3. The predicted octanol–water partition coefficient (Wildman–Crippen LogP) is 2.47. The number of imide groups is 1. The van der Waals surface area contributed by atoms with Gasteiger partial charge in [-0.15, -0.1) is 0 Å². The van der Waals surface area contributed by atoms with Crippen LogP contribution >= 0.6 is 11.8 Å². The highest BCUT2D eigenvalue weighted by molar-refractivity contribution is 8.00. The van der Waals surface area contributed by atoms with Gasteiger partial charge < -0.3 is 5.32 Å². The third kappa shape index (κ3) is 5.53. The molecule has 2 N–H and O–H groups in total. The Balaban J connectivity index is 1.79. The predicted molar refractivity (Wildman–Crippen MR) is 98.9 cm³/mol. The van der Waals surface area contributed by atoms with Gasteiger partial charge in [-0.25, -0.2) is 4.79 Å². The van der Waals surface area contributed by atoms with Gasteiger partial charge in [0.2, 0.25) is 5.91 Å².